The third-order valence-corrected chi connectivity index (χ3v) is 5.23. The van der Waals surface area contributed by atoms with Crippen LogP contribution in [0.5, 0.6) is 17.2 Å². The number of methoxy groups -OCH3 is 2. The maximum absolute atomic E-state index is 12.4. The Labute approximate surface area is 195 Å². The van der Waals surface area contributed by atoms with Crippen LogP contribution in [0, 0.1) is 5.41 Å². The third kappa shape index (κ3) is 5.78. The van der Waals surface area contributed by atoms with E-state index in [0.717, 1.165) is 16.7 Å². The average Bonchev–Trinajstić information content (AvgIpc) is 3.09. The molecule has 1 aliphatic heterocycles. The lowest BCUT2D eigenvalue weighted by molar-refractivity contribution is -0.161. The SMILES string of the molecule is COc1ccc(-c2ccc3c(c2)CNC3=O)c(OCC(C)(C)OC(=O)CC(C)(C)C)c1OC. The lowest BCUT2D eigenvalue weighted by Crippen LogP contribution is -2.36. The Morgan fingerprint density at radius 3 is 2.30 bits per heavy atom. The Morgan fingerprint density at radius 1 is 0.970 bits per heavy atom. The van der Waals surface area contributed by atoms with Gasteiger partial charge in [-0.3, -0.25) is 9.59 Å². The van der Waals surface area contributed by atoms with Gasteiger partial charge in [-0.1, -0.05) is 26.8 Å². The molecule has 0 spiro atoms. The molecule has 0 fully saturated rings. The van der Waals surface area contributed by atoms with Gasteiger partial charge in [0.2, 0.25) is 5.75 Å². The Balaban J connectivity index is 1.92. The van der Waals surface area contributed by atoms with Crippen molar-refractivity contribution >= 4 is 11.9 Å². The Hall–Kier alpha value is -3.22. The Kier molecular flexibility index (Phi) is 6.91. The van der Waals surface area contributed by atoms with E-state index >= 15 is 0 Å². The molecule has 0 atom stereocenters. The summed E-state index contributed by atoms with van der Waals surface area (Å²) in [6, 6.07) is 9.36. The second kappa shape index (κ2) is 9.33. The zero-order chi connectivity index (χ0) is 24.4. The van der Waals surface area contributed by atoms with Gasteiger partial charge in [0.15, 0.2) is 11.5 Å². The molecule has 3 rings (SSSR count). The predicted octanol–water partition coefficient (Wildman–Crippen LogP) is 4.75. The Morgan fingerprint density at radius 2 is 1.67 bits per heavy atom. The van der Waals surface area contributed by atoms with Gasteiger partial charge in [0.05, 0.1) is 20.6 Å². The highest BCUT2D eigenvalue weighted by molar-refractivity contribution is 5.99. The maximum Gasteiger partial charge on any atom is 0.306 e. The first kappa shape index (κ1) is 24.4. The number of ether oxygens (including phenoxy) is 4. The van der Waals surface area contributed by atoms with Gasteiger partial charge in [0.25, 0.3) is 5.91 Å². The molecule has 1 amide bonds. The molecule has 33 heavy (non-hydrogen) atoms. The molecule has 0 aromatic heterocycles. The van der Waals surface area contributed by atoms with E-state index in [-0.39, 0.29) is 23.9 Å². The fraction of sp³-hybridized carbons (Fsp3) is 0.462. The molecule has 0 saturated heterocycles. The molecule has 178 valence electrons. The minimum absolute atomic E-state index is 0.0702. The van der Waals surface area contributed by atoms with Crippen LogP contribution in [0.2, 0.25) is 0 Å². The predicted molar refractivity (Wildman–Crippen MR) is 126 cm³/mol. The van der Waals surface area contributed by atoms with E-state index in [9.17, 15) is 9.59 Å². The van der Waals surface area contributed by atoms with Crippen LogP contribution in [-0.4, -0.2) is 38.3 Å². The molecule has 1 aliphatic rings. The lowest BCUT2D eigenvalue weighted by atomic mass is 9.92. The van der Waals surface area contributed by atoms with Crippen LogP contribution in [0.15, 0.2) is 30.3 Å². The van der Waals surface area contributed by atoms with Gasteiger partial charge in [-0.2, -0.15) is 0 Å². The van der Waals surface area contributed by atoms with E-state index in [4.69, 9.17) is 18.9 Å². The van der Waals surface area contributed by atoms with Crippen LogP contribution >= 0.6 is 0 Å². The number of benzene rings is 2. The van der Waals surface area contributed by atoms with Crippen LogP contribution in [0.4, 0.5) is 0 Å². The summed E-state index contributed by atoms with van der Waals surface area (Å²) in [6.07, 6.45) is 0.312. The molecule has 0 bridgehead atoms. The summed E-state index contributed by atoms with van der Waals surface area (Å²) >= 11 is 0. The fourth-order valence-electron chi connectivity index (χ4n) is 3.72. The summed E-state index contributed by atoms with van der Waals surface area (Å²) in [5, 5.41) is 2.83. The molecule has 2 aromatic rings. The lowest BCUT2D eigenvalue weighted by Gasteiger charge is -2.28. The van der Waals surface area contributed by atoms with E-state index in [1.165, 1.54) is 0 Å². The highest BCUT2D eigenvalue weighted by Crippen LogP contribution is 2.45. The van der Waals surface area contributed by atoms with E-state index in [0.29, 0.717) is 35.8 Å². The van der Waals surface area contributed by atoms with Gasteiger partial charge in [0.1, 0.15) is 12.2 Å². The topological polar surface area (TPSA) is 83.1 Å². The Bertz CT molecular complexity index is 1050. The average molecular weight is 456 g/mol. The van der Waals surface area contributed by atoms with Crippen LogP contribution < -0.4 is 19.5 Å². The number of fused-ring (bicyclic) bond motifs is 1. The normalized spacial score (nSPS) is 13.2. The fourth-order valence-corrected chi connectivity index (χ4v) is 3.72. The van der Waals surface area contributed by atoms with Gasteiger partial charge in [-0.25, -0.2) is 0 Å². The largest absolute Gasteiger partial charge is 0.493 e. The van der Waals surface area contributed by atoms with Crippen LogP contribution in [-0.2, 0) is 16.1 Å². The van der Waals surface area contributed by atoms with Crippen LogP contribution in [0.1, 0.15) is 57.0 Å². The van der Waals surface area contributed by atoms with Crippen LogP contribution in [0.3, 0.4) is 0 Å². The van der Waals surface area contributed by atoms with Crippen molar-refractivity contribution in [3.63, 3.8) is 0 Å². The second-order valence-corrected chi connectivity index (χ2v) is 9.99. The molecule has 0 aliphatic carbocycles. The molecule has 1 N–H and O–H groups in total. The maximum atomic E-state index is 12.4. The zero-order valence-electron chi connectivity index (χ0n) is 20.5. The van der Waals surface area contributed by atoms with E-state index in [2.05, 4.69) is 5.32 Å². The quantitative estimate of drug-likeness (QED) is 0.579. The van der Waals surface area contributed by atoms with Crippen molar-refractivity contribution in [1.82, 2.24) is 5.32 Å². The molecule has 1 heterocycles. The highest BCUT2D eigenvalue weighted by atomic mass is 16.6. The number of hydrogen-bond acceptors (Lipinski definition) is 6. The number of carbonyl (C=O) groups excluding carboxylic acids is 2. The molecule has 7 heteroatoms. The molecule has 0 saturated carbocycles. The van der Waals surface area contributed by atoms with Gasteiger partial charge < -0.3 is 24.3 Å². The van der Waals surface area contributed by atoms with Crippen molar-refractivity contribution < 1.29 is 28.5 Å². The van der Waals surface area contributed by atoms with Gasteiger partial charge in [-0.05, 0) is 54.7 Å². The summed E-state index contributed by atoms with van der Waals surface area (Å²) < 4.78 is 23.0. The standard InChI is InChI=1S/C26H33NO6/c1-25(2,3)13-21(28)33-26(4,5)15-32-22-18(10-11-20(30-6)23(22)31-7)16-8-9-19-17(12-16)14-27-24(19)29/h8-12H,13-15H2,1-7H3,(H,27,29). The molecule has 0 radical (unpaired) electrons. The first-order chi connectivity index (χ1) is 15.4. The monoisotopic (exact) mass is 455 g/mol. The van der Waals surface area contributed by atoms with E-state index < -0.39 is 5.60 Å². The van der Waals surface area contributed by atoms with Crippen molar-refractivity contribution in [2.45, 2.75) is 53.2 Å². The van der Waals surface area contributed by atoms with Crippen molar-refractivity contribution in [3.8, 4) is 28.4 Å². The summed E-state index contributed by atoms with van der Waals surface area (Å²) in [4.78, 5) is 24.3. The summed E-state index contributed by atoms with van der Waals surface area (Å²) in [7, 11) is 3.11. The summed E-state index contributed by atoms with van der Waals surface area (Å²) in [5.41, 5.74) is 2.24. The first-order valence-electron chi connectivity index (χ1n) is 11.0. The van der Waals surface area contributed by atoms with Gasteiger partial charge in [-0.15, -0.1) is 0 Å². The van der Waals surface area contributed by atoms with Crippen molar-refractivity contribution in [2.75, 3.05) is 20.8 Å². The molecule has 2 aromatic carbocycles. The van der Waals surface area contributed by atoms with E-state index in [1.807, 2.05) is 65.0 Å². The molecule has 0 unspecified atom stereocenters. The number of hydrogen-bond donors (Lipinski definition) is 1. The molecular formula is C26H33NO6. The zero-order valence-corrected chi connectivity index (χ0v) is 20.5. The molecular weight excluding hydrogens is 422 g/mol. The third-order valence-electron chi connectivity index (χ3n) is 5.23. The number of amides is 1. The highest BCUT2D eigenvalue weighted by Gasteiger charge is 2.29. The first-order valence-corrected chi connectivity index (χ1v) is 11.0. The summed E-state index contributed by atoms with van der Waals surface area (Å²) in [6.45, 7) is 10.2. The molecule has 7 nitrogen and oxygen atoms in total. The smallest absolute Gasteiger partial charge is 0.306 e. The van der Waals surface area contributed by atoms with Gasteiger partial charge in [0, 0.05) is 17.7 Å². The van der Waals surface area contributed by atoms with Gasteiger partial charge >= 0.3 is 5.97 Å². The number of esters is 1. The van der Waals surface area contributed by atoms with Crippen molar-refractivity contribution in [1.29, 1.82) is 0 Å². The summed E-state index contributed by atoms with van der Waals surface area (Å²) in [5.74, 6) is 1.11. The van der Waals surface area contributed by atoms with Crippen molar-refractivity contribution in [3.05, 3.63) is 41.5 Å². The minimum atomic E-state index is -0.859. The number of rotatable bonds is 8. The number of nitrogens with one attached hydrogen (secondary N) is 1. The van der Waals surface area contributed by atoms with Crippen LogP contribution in [0.25, 0.3) is 11.1 Å². The minimum Gasteiger partial charge on any atom is -0.493 e. The second-order valence-electron chi connectivity index (χ2n) is 9.99. The van der Waals surface area contributed by atoms with E-state index in [1.54, 1.807) is 14.2 Å². The number of carbonyl (C=O) groups is 2. The van der Waals surface area contributed by atoms with Crippen molar-refractivity contribution in [2.24, 2.45) is 5.41 Å².